The summed E-state index contributed by atoms with van der Waals surface area (Å²) in [5.74, 6) is -7.91. The largest absolute Gasteiger partial charge is 1.00 e. The van der Waals surface area contributed by atoms with Gasteiger partial charge in [-0.2, -0.15) is 0 Å². The molecule has 57 heavy (non-hydrogen) atoms. The molecule has 0 aromatic heterocycles. The number of allylic oxidation sites excluding steroid dienone is 4. The van der Waals surface area contributed by atoms with Crippen molar-refractivity contribution in [3.63, 3.8) is 0 Å². The maximum absolute atomic E-state index is 14.0. The van der Waals surface area contributed by atoms with Gasteiger partial charge in [-0.25, -0.2) is 8.42 Å². The molecule has 1 aliphatic carbocycles. The maximum atomic E-state index is 14.0. The standard InChI is InChI=1S/C37H44N2O13S.4Na/c1-19(2)24-11-26(21(5)28(36(24)48)13-38(15-31(40)41)16-32(42)43)35(23-9-7-8-10-30(23)53(50,51)52)27-12-25(20(3)4)37(49)29(22(27)6)14-39(17-33(44)45)18-34(46)47;;;;/h7-12,19-20,48H,13-18H2,1-6H3,(H,40,41)(H,42,43)(H,44,45)(H,46,47)(H,50,51,52);;;;/q;4*+1/p-4/b35-27+;;;;. The molecule has 20 heteroatoms. The molecule has 0 amide bonds. The minimum atomic E-state index is -5.18. The molecule has 2 aromatic rings. The van der Waals surface area contributed by atoms with Crippen molar-refractivity contribution in [3.05, 3.63) is 86.5 Å². The average Bonchev–Trinajstić information content (AvgIpc) is 3.01. The van der Waals surface area contributed by atoms with Gasteiger partial charge in [0.25, 0.3) is 0 Å². The van der Waals surface area contributed by atoms with Gasteiger partial charge in [0.2, 0.25) is 0 Å². The van der Waals surface area contributed by atoms with Gasteiger partial charge in [-0.15, -0.1) is 0 Å². The molecule has 0 radical (unpaired) electrons. The molecule has 0 atom stereocenters. The van der Waals surface area contributed by atoms with Gasteiger partial charge in [0.15, 0.2) is 5.78 Å². The Balaban J connectivity index is 0. The van der Waals surface area contributed by atoms with Crippen LogP contribution in [0.4, 0.5) is 0 Å². The quantitative estimate of drug-likeness (QED) is 0.111. The van der Waals surface area contributed by atoms with Gasteiger partial charge in [-0.05, 0) is 77.3 Å². The molecule has 0 saturated carbocycles. The molecule has 1 aliphatic rings. The zero-order valence-corrected chi connectivity index (χ0v) is 42.9. The molecule has 2 aromatic carbocycles. The molecule has 2 N–H and O–H groups in total. The van der Waals surface area contributed by atoms with E-state index < -0.39 is 95.8 Å². The number of carboxylic acids is 4. The van der Waals surface area contributed by atoms with Crippen molar-refractivity contribution in [1.82, 2.24) is 9.80 Å². The van der Waals surface area contributed by atoms with Gasteiger partial charge < -0.3 is 44.5 Å². The monoisotopic (exact) mass is 844 g/mol. The summed E-state index contributed by atoms with van der Waals surface area (Å²) in [6.45, 7) is 5.66. The summed E-state index contributed by atoms with van der Waals surface area (Å²) >= 11 is 0. The van der Waals surface area contributed by atoms with Crippen molar-refractivity contribution in [3.8, 4) is 5.75 Å². The molecular formula is C37H40N2Na4O13S. The molecule has 0 unspecified atom stereocenters. The molecule has 0 spiro atoms. The molecule has 0 saturated heterocycles. The number of hydrogen-bond acceptors (Lipinski definition) is 14. The SMILES string of the molecule is CC1=C(CN(CC(=O)[O-])CC(=O)O)C(=O)C(C(C)C)=C/C1=C(/c1ccccc1S(=O)(=O)[O-])c1cc(C(C)C)c(O)c(CN(CC(=O)[O-])CC(=O)[O-])c1C.[Na+].[Na+].[Na+].[Na+]. The number of phenols is 1. The van der Waals surface area contributed by atoms with E-state index in [0.29, 0.717) is 0 Å². The molecule has 0 fully saturated rings. The number of aromatic hydroxyl groups is 1. The normalized spacial score (nSPS) is 13.7. The first-order valence-corrected chi connectivity index (χ1v) is 17.8. The summed E-state index contributed by atoms with van der Waals surface area (Å²) in [4.78, 5) is 61.6. The van der Waals surface area contributed by atoms with E-state index in [1.807, 2.05) is 0 Å². The smallest absolute Gasteiger partial charge is 0.744 e. The predicted octanol–water partition coefficient (Wildman–Crippen LogP) is -12.5. The fourth-order valence-electron chi connectivity index (χ4n) is 6.30. The van der Waals surface area contributed by atoms with Crippen molar-refractivity contribution in [2.45, 2.75) is 58.9 Å². The van der Waals surface area contributed by atoms with Gasteiger partial charge in [0.05, 0.1) is 29.3 Å². The van der Waals surface area contributed by atoms with E-state index in [2.05, 4.69) is 0 Å². The second kappa shape index (κ2) is 24.9. The molecule has 3 rings (SSSR count). The minimum absolute atomic E-state index is 0. The number of carboxylic acid groups (broad SMARTS) is 4. The van der Waals surface area contributed by atoms with E-state index in [1.165, 1.54) is 38.1 Å². The minimum Gasteiger partial charge on any atom is -0.744 e. The molecule has 15 nitrogen and oxygen atoms in total. The van der Waals surface area contributed by atoms with Crippen LogP contribution in [0.1, 0.15) is 68.4 Å². The number of carbonyl (C=O) groups excluding carboxylic acids is 4. The van der Waals surface area contributed by atoms with Gasteiger partial charge in [0, 0.05) is 55.0 Å². The van der Waals surface area contributed by atoms with E-state index in [4.69, 9.17) is 0 Å². The van der Waals surface area contributed by atoms with Crippen LogP contribution >= 0.6 is 0 Å². The van der Waals surface area contributed by atoms with Crippen LogP contribution in [0, 0.1) is 12.8 Å². The van der Waals surface area contributed by atoms with Crippen LogP contribution in [0.3, 0.4) is 0 Å². The third kappa shape index (κ3) is 15.4. The number of Topliss-reactive ketones (excluding diaryl/α,β-unsaturated/α-hetero) is 1. The van der Waals surface area contributed by atoms with E-state index in [9.17, 15) is 62.5 Å². The van der Waals surface area contributed by atoms with Crippen LogP contribution in [0.5, 0.6) is 5.75 Å². The summed E-state index contributed by atoms with van der Waals surface area (Å²) in [6, 6.07) is 6.82. The molecule has 0 bridgehead atoms. The van der Waals surface area contributed by atoms with Crippen LogP contribution in [0.15, 0.2) is 63.6 Å². The van der Waals surface area contributed by atoms with Crippen LogP contribution < -0.4 is 134 Å². The second-order valence-corrected chi connectivity index (χ2v) is 14.7. The van der Waals surface area contributed by atoms with Gasteiger partial charge in [-0.3, -0.25) is 19.4 Å². The first-order chi connectivity index (χ1) is 24.5. The molecule has 0 aliphatic heterocycles. The zero-order valence-electron chi connectivity index (χ0n) is 34.0. The van der Waals surface area contributed by atoms with Crippen LogP contribution in [0.2, 0.25) is 0 Å². The maximum Gasteiger partial charge on any atom is 1.00 e. The van der Waals surface area contributed by atoms with E-state index >= 15 is 0 Å². The molecule has 0 heterocycles. The predicted molar refractivity (Wildman–Crippen MR) is 182 cm³/mol. The number of phenolic OH excluding ortho intramolecular Hbond substituents is 1. The van der Waals surface area contributed by atoms with Crippen molar-refractivity contribution >= 4 is 45.4 Å². The van der Waals surface area contributed by atoms with Gasteiger partial charge >= 0.3 is 124 Å². The Morgan fingerprint density at radius 1 is 0.772 bits per heavy atom. The Bertz CT molecular complexity index is 2030. The second-order valence-electron chi connectivity index (χ2n) is 13.3. The van der Waals surface area contributed by atoms with Crippen molar-refractivity contribution < 1.29 is 181 Å². The number of carbonyl (C=O) groups is 5. The first kappa shape index (κ1) is 57.9. The van der Waals surface area contributed by atoms with Crippen molar-refractivity contribution in [1.29, 1.82) is 0 Å². The number of nitrogens with zero attached hydrogens (tertiary/aromatic N) is 2. The third-order valence-corrected chi connectivity index (χ3v) is 9.69. The third-order valence-electron chi connectivity index (χ3n) is 8.80. The van der Waals surface area contributed by atoms with Crippen molar-refractivity contribution in [2.24, 2.45) is 5.92 Å². The summed E-state index contributed by atoms with van der Waals surface area (Å²) in [7, 11) is -5.18. The molecule has 286 valence electrons. The number of rotatable bonds is 17. The Labute approximate surface area is 420 Å². The van der Waals surface area contributed by atoms with Crippen LogP contribution in [-0.4, -0.2) is 95.4 Å². The summed E-state index contributed by atoms with van der Waals surface area (Å²) in [5.41, 5.74) is 1.35. The van der Waals surface area contributed by atoms with Crippen LogP contribution in [-0.2, 0) is 40.6 Å². The Hall–Kier alpha value is -1.16. The fourth-order valence-corrected chi connectivity index (χ4v) is 6.99. The summed E-state index contributed by atoms with van der Waals surface area (Å²) < 4.78 is 38.3. The average molecular weight is 845 g/mol. The first-order valence-electron chi connectivity index (χ1n) is 16.4. The Morgan fingerprint density at radius 3 is 1.70 bits per heavy atom. The van der Waals surface area contributed by atoms with Gasteiger partial charge in [-0.1, -0.05) is 45.9 Å². The number of benzene rings is 2. The summed E-state index contributed by atoms with van der Waals surface area (Å²) in [5, 5.41) is 55.7. The van der Waals surface area contributed by atoms with E-state index in [0.717, 1.165) is 15.9 Å². The fraction of sp³-hybridized carbons (Fsp3) is 0.378. The number of hydrogen-bond donors (Lipinski definition) is 2. The van der Waals surface area contributed by atoms with Crippen LogP contribution in [0.25, 0.3) is 5.57 Å². The van der Waals surface area contributed by atoms with E-state index in [1.54, 1.807) is 33.8 Å². The van der Waals surface area contributed by atoms with Crippen molar-refractivity contribution in [2.75, 3.05) is 32.7 Å². The Morgan fingerprint density at radius 2 is 1.26 bits per heavy atom. The molecular weight excluding hydrogens is 804 g/mol. The summed E-state index contributed by atoms with van der Waals surface area (Å²) in [6.07, 6.45) is 1.51. The topological polar surface area (TPSA) is 259 Å². The Kier molecular flexibility index (Phi) is 25.3. The zero-order chi connectivity index (χ0) is 40.1. The van der Waals surface area contributed by atoms with E-state index in [-0.39, 0.29) is 180 Å². The van der Waals surface area contributed by atoms with Gasteiger partial charge in [0.1, 0.15) is 15.9 Å². The number of aliphatic carboxylic acids is 4. The number of ketones is 1.